The van der Waals surface area contributed by atoms with Crippen LogP contribution in [0.25, 0.3) is 0 Å². The molecule has 1 atom stereocenters. The number of piperidine rings is 1. The quantitative estimate of drug-likeness (QED) is 0.761. The van der Waals surface area contributed by atoms with Gasteiger partial charge in [-0.3, -0.25) is 0 Å². The van der Waals surface area contributed by atoms with E-state index in [4.69, 9.17) is 0 Å². The average Bonchev–Trinajstić information content (AvgIpc) is 2.18. The molecule has 1 fully saturated rings. The minimum absolute atomic E-state index is 0.236. The zero-order chi connectivity index (χ0) is 10.6. The molecular formula is C10H21BrN2O. The van der Waals surface area contributed by atoms with Gasteiger partial charge in [0.2, 0.25) is 0 Å². The fourth-order valence-electron chi connectivity index (χ4n) is 1.97. The topological polar surface area (TPSA) is 26.7 Å². The molecule has 3 nitrogen and oxygen atoms in total. The van der Waals surface area contributed by atoms with Crippen molar-refractivity contribution in [2.75, 3.05) is 39.1 Å². The molecule has 1 saturated heterocycles. The van der Waals surface area contributed by atoms with Crippen molar-refractivity contribution >= 4 is 15.9 Å². The first kappa shape index (κ1) is 12.4. The van der Waals surface area contributed by atoms with E-state index in [9.17, 15) is 5.11 Å². The third-order valence-corrected chi connectivity index (χ3v) is 3.74. The molecule has 1 unspecified atom stereocenters. The maximum absolute atomic E-state index is 9.51. The second-order valence-corrected chi connectivity index (χ2v) is 4.93. The molecule has 1 heterocycles. The van der Waals surface area contributed by atoms with Crippen LogP contribution >= 0.6 is 15.9 Å². The summed E-state index contributed by atoms with van der Waals surface area (Å²) in [6.07, 6.45) is 2.21. The number of hydrogen-bond acceptors (Lipinski definition) is 3. The Kier molecular flexibility index (Phi) is 5.38. The summed E-state index contributed by atoms with van der Waals surface area (Å²) in [7, 11) is 4.28. The fourth-order valence-corrected chi connectivity index (χ4v) is 2.17. The van der Waals surface area contributed by atoms with E-state index in [-0.39, 0.29) is 6.10 Å². The predicted octanol–water partition coefficient (Wildman–Crippen LogP) is 0.768. The monoisotopic (exact) mass is 264 g/mol. The van der Waals surface area contributed by atoms with E-state index in [1.165, 1.54) is 25.9 Å². The standard InChI is InChI=1S/C10H21BrN2O/c1-12-5-3-9(4-6-12)13(2)8-10(14)7-11/h9-10,14H,3-8H2,1-2H3. The molecular weight excluding hydrogens is 244 g/mol. The van der Waals surface area contributed by atoms with Crippen molar-refractivity contribution in [3.63, 3.8) is 0 Å². The van der Waals surface area contributed by atoms with Gasteiger partial charge >= 0.3 is 0 Å². The van der Waals surface area contributed by atoms with Crippen molar-refractivity contribution in [1.29, 1.82) is 0 Å². The van der Waals surface area contributed by atoms with E-state index in [0.29, 0.717) is 11.4 Å². The van der Waals surface area contributed by atoms with Gasteiger partial charge in [0.05, 0.1) is 6.10 Å². The Balaban J connectivity index is 2.26. The zero-order valence-corrected chi connectivity index (χ0v) is 10.7. The van der Waals surface area contributed by atoms with Crippen LogP contribution in [0.2, 0.25) is 0 Å². The maximum atomic E-state index is 9.51. The zero-order valence-electron chi connectivity index (χ0n) is 9.12. The van der Waals surface area contributed by atoms with Gasteiger partial charge in [-0.25, -0.2) is 0 Å². The summed E-state index contributed by atoms with van der Waals surface area (Å²) in [4.78, 5) is 4.66. The summed E-state index contributed by atoms with van der Waals surface area (Å²) in [6, 6.07) is 0.653. The molecule has 0 aromatic heterocycles. The van der Waals surface area contributed by atoms with Crippen LogP contribution in [0.5, 0.6) is 0 Å². The molecule has 1 rings (SSSR count). The van der Waals surface area contributed by atoms with Gasteiger partial charge < -0.3 is 14.9 Å². The van der Waals surface area contributed by atoms with Crippen LogP contribution in [-0.4, -0.2) is 66.1 Å². The Morgan fingerprint density at radius 2 is 2.07 bits per heavy atom. The van der Waals surface area contributed by atoms with Gasteiger partial charge in [-0.2, -0.15) is 0 Å². The minimum Gasteiger partial charge on any atom is -0.391 e. The number of likely N-dealkylation sites (tertiary alicyclic amines) is 1. The summed E-state index contributed by atoms with van der Waals surface area (Å²) in [6.45, 7) is 3.14. The number of alkyl halides is 1. The lowest BCUT2D eigenvalue weighted by Gasteiger charge is -2.35. The van der Waals surface area contributed by atoms with E-state index in [1.54, 1.807) is 0 Å². The summed E-state index contributed by atoms with van der Waals surface area (Å²) in [5.74, 6) is 0. The maximum Gasteiger partial charge on any atom is 0.0763 e. The number of aliphatic hydroxyl groups is 1. The summed E-state index contributed by atoms with van der Waals surface area (Å²) in [5, 5.41) is 10.2. The van der Waals surface area contributed by atoms with Gasteiger partial charge in [0, 0.05) is 17.9 Å². The molecule has 0 bridgehead atoms. The molecule has 84 valence electrons. The highest BCUT2D eigenvalue weighted by Crippen LogP contribution is 2.14. The molecule has 1 aliphatic heterocycles. The minimum atomic E-state index is -0.236. The van der Waals surface area contributed by atoms with Crippen molar-refractivity contribution in [1.82, 2.24) is 9.80 Å². The fraction of sp³-hybridized carbons (Fsp3) is 1.00. The first-order valence-electron chi connectivity index (χ1n) is 5.26. The highest BCUT2D eigenvalue weighted by Gasteiger charge is 2.21. The van der Waals surface area contributed by atoms with E-state index in [1.807, 2.05) is 0 Å². The van der Waals surface area contributed by atoms with Crippen LogP contribution in [-0.2, 0) is 0 Å². The highest BCUT2D eigenvalue weighted by molar-refractivity contribution is 9.09. The number of rotatable bonds is 4. The van der Waals surface area contributed by atoms with Gasteiger partial charge in [0.1, 0.15) is 0 Å². The average molecular weight is 265 g/mol. The van der Waals surface area contributed by atoms with Crippen molar-refractivity contribution < 1.29 is 5.11 Å². The third-order valence-electron chi connectivity index (χ3n) is 2.99. The molecule has 0 aromatic carbocycles. The van der Waals surface area contributed by atoms with Crippen LogP contribution in [0.4, 0.5) is 0 Å². The van der Waals surface area contributed by atoms with Crippen LogP contribution in [0, 0.1) is 0 Å². The molecule has 0 saturated carbocycles. The van der Waals surface area contributed by atoms with Gasteiger partial charge in [-0.15, -0.1) is 0 Å². The predicted molar refractivity (Wildman–Crippen MR) is 62.9 cm³/mol. The second kappa shape index (κ2) is 6.05. The van der Waals surface area contributed by atoms with E-state index in [2.05, 4.69) is 39.8 Å². The van der Waals surface area contributed by atoms with Crippen LogP contribution in [0.3, 0.4) is 0 Å². The summed E-state index contributed by atoms with van der Waals surface area (Å²) in [5.41, 5.74) is 0. The second-order valence-electron chi connectivity index (χ2n) is 4.28. The number of hydrogen-bond donors (Lipinski definition) is 1. The SMILES string of the molecule is CN1CCC(N(C)CC(O)CBr)CC1. The molecule has 1 aliphatic rings. The molecule has 0 spiro atoms. The lowest BCUT2D eigenvalue weighted by Crippen LogP contribution is -2.44. The normalized spacial score (nSPS) is 22.9. The van der Waals surface area contributed by atoms with Gasteiger partial charge in [0.15, 0.2) is 0 Å². The smallest absolute Gasteiger partial charge is 0.0763 e. The van der Waals surface area contributed by atoms with Gasteiger partial charge in [-0.1, -0.05) is 15.9 Å². The van der Waals surface area contributed by atoms with Crippen LogP contribution < -0.4 is 0 Å². The van der Waals surface area contributed by atoms with E-state index < -0.39 is 0 Å². The van der Waals surface area contributed by atoms with Crippen molar-refractivity contribution in [2.24, 2.45) is 0 Å². The molecule has 1 N–H and O–H groups in total. The Bertz CT molecular complexity index is 160. The van der Waals surface area contributed by atoms with Crippen molar-refractivity contribution in [3.8, 4) is 0 Å². The molecule has 14 heavy (non-hydrogen) atoms. The third kappa shape index (κ3) is 3.85. The Hall–Kier alpha value is 0.360. The highest BCUT2D eigenvalue weighted by atomic mass is 79.9. The number of halogens is 1. The van der Waals surface area contributed by atoms with E-state index >= 15 is 0 Å². The Labute approximate surface area is 95.2 Å². The lowest BCUT2D eigenvalue weighted by molar-refractivity contribution is 0.0904. The van der Waals surface area contributed by atoms with Gasteiger partial charge in [0.25, 0.3) is 0 Å². The molecule has 0 aromatic rings. The Morgan fingerprint density at radius 3 is 2.57 bits per heavy atom. The first-order chi connectivity index (χ1) is 6.63. The summed E-state index contributed by atoms with van der Waals surface area (Å²) >= 11 is 3.29. The largest absolute Gasteiger partial charge is 0.391 e. The van der Waals surface area contributed by atoms with Crippen molar-refractivity contribution in [3.05, 3.63) is 0 Å². The Morgan fingerprint density at radius 1 is 1.50 bits per heavy atom. The summed E-state index contributed by atoms with van der Waals surface area (Å²) < 4.78 is 0. The molecule has 0 amide bonds. The van der Waals surface area contributed by atoms with Gasteiger partial charge in [-0.05, 0) is 40.0 Å². The molecule has 4 heteroatoms. The molecule has 0 radical (unpaired) electrons. The van der Waals surface area contributed by atoms with E-state index in [0.717, 1.165) is 6.54 Å². The van der Waals surface area contributed by atoms with Crippen molar-refractivity contribution in [2.45, 2.75) is 25.0 Å². The number of nitrogens with zero attached hydrogens (tertiary/aromatic N) is 2. The molecule has 0 aliphatic carbocycles. The number of likely N-dealkylation sites (N-methyl/N-ethyl adjacent to an activating group) is 1. The van der Waals surface area contributed by atoms with Crippen LogP contribution in [0.1, 0.15) is 12.8 Å². The lowest BCUT2D eigenvalue weighted by atomic mass is 10.0. The number of aliphatic hydroxyl groups excluding tert-OH is 1. The van der Waals surface area contributed by atoms with Crippen LogP contribution in [0.15, 0.2) is 0 Å². The first-order valence-corrected chi connectivity index (χ1v) is 6.38.